The van der Waals surface area contributed by atoms with E-state index in [1.165, 1.54) is 16.2 Å². The zero-order valence-electron chi connectivity index (χ0n) is 14.5. The maximum absolute atomic E-state index is 12.7. The van der Waals surface area contributed by atoms with Gasteiger partial charge in [-0.2, -0.15) is 0 Å². The Kier molecular flexibility index (Phi) is 5.69. The molecule has 0 aliphatic carbocycles. The average molecular weight is 344 g/mol. The Labute approximate surface area is 148 Å². The molecule has 0 spiro atoms. The molecule has 1 aromatic heterocycles. The number of quaternary nitrogens is 1. The molecule has 1 aliphatic heterocycles. The van der Waals surface area contributed by atoms with E-state index >= 15 is 0 Å². The van der Waals surface area contributed by atoms with Crippen LogP contribution in [0.2, 0.25) is 0 Å². The van der Waals surface area contributed by atoms with Crippen LogP contribution in [0.1, 0.15) is 36.8 Å². The molecule has 4 heteroatoms. The van der Waals surface area contributed by atoms with Gasteiger partial charge >= 0.3 is 0 Å². The van der Waals surface area contributed by atoms with Crippen LogP contribution in [-0.2, 0) is 4.79 Å². The van der Waals surface area contributed by atoms with Gasteiger partial charge in [-0.3, -0.25) is 4.79 Å². The van der Waals surface area contributed by atoms with Crippen LogP contribution in [0.25, 0.3) is 0 Å². The summed E-state index contributed by atoms with van der Waals surface area (Å²) in [6, 6.07) is 14.3. The van der Waals surface area contributed by atoms with Crippen molar-refractivity contribution >= 4 is 17.2 Å². The molecule has 4 atom stereocenters. The number of benzene rings is 1. The molecule has 24 heavy (non-hydrogen) atoms. The highest BCUT2D eigenvalue weighted by Gasteiger charge is 2.27. The zero-order valence-corrected chi connectivity index (χ0v) is 15.3. The summed E-state index contributed by atoms with van der Waals surface area (Å²) in [7, 11) is 0. The number of nitrogens with one attached hydrogen (secondary N) is 2. The van der Waals surface area contributed by atoms with Gasteiger partial charge in [0.1, 0.15) is 0 Å². The highest BCUT2D eigenvalue weighted by molar-refractivity contribution is 7.10. The summed E-state index contributed by atoms with van der Waals surface area (Å²) >= 11 is 1.69. The van der Waals surface area contributed by atoms with E-state index in [0.717, 1.165) is 18.7 Å². The summed E-state index contributed by atoms with van der Waals surface area (Å²) in [5, 5.41) is 5.33. The van der Waals surface area contributed by atoms with Gasteiger partial charge in [-0.05, 0) is 23.4 Å². The Hall–Kier alpha value is -1.65. The molecule has 2 N–H and O–H groups in total. The Morgan fingerprint density at radius 3 is 2.50 bits per heavy atom. The minimum Gasteiger partial charge on any atom is -0.339 e. The van der Waals surface area contributed by atoms with Crippen LogP contribution in [-0.4, -0.2) is 25.5 Å². The van der Waals surface area contributed by atoms with E-state index in [0.29, 0.717) is 18.4 Å². The molecular formula is C20H27N2OS+. The van der Waals surface area contributed by atoms with Crippen molar-refractivity contribution in [3.8, 4) is 0 Å². The van der Waals surface area contributed by atoms with Crippen LogP contribution in [0.3, 0.4) is 0 Å². The van der Waals surface area contributed by atoms with Crippen LogP contribution in [0.4, 0.5) is 0 Å². The lowest BCUT2D eigenvalue weighted by Crippen LogP contribution is -3.15. The van der Waals surface area contributed by atoms with Crippen LogP contribution >= 0.6 is 11.3 Å². The van der Waals surface area contributed by atoms with Gasteiger partial charge in [0.15, 0.2) is 6.54 Å². The quantitative estimate of drug-likeness (QED) is 0.859. The number of likely N-dealkylation sites (tertiary alicyclic amines) is 1. The molecule has 0 radical (unpaired) electrons. The minimum atomic E-state index is -0.0438. The summed E-state index contributed by atoms with van der Waals surface area (Å²) < 4.78 is 0. The van der Waals surface area contributed by atoms with E-state index in [-0.39, 0.29) is 11.9 Å². The predicted octanol–water partition coefficient (Wildman–Crippen LogP) is 2.51. The highest BCUT2D eigenvalue weighted by atomic mass is 32.1. The monoisotopic (exact) mass is 343 g/mol. The molecule has 1 fully saturated rings. The number of piperidine rings is 1. The van der Waals surface area contributed by atoms with Crippen molar-refractivity contribution < 1.29 is 9.69 Å². The normalized spacial score (nSPS) is 25.2. The Morgan fingerprint density at radius 2 is 1.88 bits per heavy atom. The van der Waals surface area contributed by atoms with Gasteiger partial charge < -0.3 is 10.2 Å². The number of thiophene rings is 1. The molecule has 3 rings (SSSR count). The Balaban J connectivity index is 1.68. The lowest BCUT2D eigenvalue weighted by Gasteiger charge is -2.31. The Morgan fingerprint density at radius 1 is 1.17 bits per heavy atom. The second-order valence-corrected chi connectivity index (χ2v) is 8.19. The van der Waals surface area contributed by atoms with E-state index < -0.39 is 0 Å². The van der Waals surface area contributed by atoms with Crippen molar-refractivity contribution in [1.29, 1.82) is 0 Å². The number of carbonyl (C=O) groups is 1. The molecule has 1 aliphatic rings. The molecule has 0 bridgehead atoms. The average Bonchev–Trinajstić information content (AvgIpc) is 3.06. The van der Waals surface area contributed by atoms with Crippen LogP contribution in [0, 0.1) is 11.8 Å². The summed E-state index contributed by atoms with van der Waals surface area (Å²) in [5.74, 6) is 1.56. The molecule has 2 heterocycles. The summed E-state index contributed by atoms with van der Waals surface area (Å²) in [6.45, 7) is 7.38. The Bertz CT molecular complexity index is 631. The van der Waals surface area contributed by atoms with Gasteiger partial charge in [-0.25, -0.2) is 0 Å². The number of rotatable bonds is 5. The molecular weight excluding hydrogens is 316 g/mol. The topological polar surface area (TPSA) is 33.5 Å². The number of carbonyl (C=O) groups excluding carboxylic acids is 1. The lowest BCUT2D eigenvalue weighted by atomic mass is 9.92. The summed E-state index contributed by atoms with van der Waals surface area (Å²) in [5.41, 5.74) is 1.14. The van der Waals surface area contributed by atoms with Crippen molar-refractivity contribution in [2.45, 2.75) is 26.3 Å². The van der Waals surface area contributed by atoms with Gasteiger partial charge in [-0.15, -0.1) is 11.3 Å². The zero-order chi connectivity index (χ0) is 16.9. The van der Waals surface area contributed by atoms with Crippen LogP contribution in [0.5, 0.6) is 0 Å². The van der Waals surface area contributed by atoms with Crippen molar-refractivity contribution in [3.63, 3.8) is 0 Å². The third-order valence-corrected chi connectivity index (χ3v) is 5.69. The number of amides is 1. The first-order chi connectivity index (χ1) is 11.6. The van der Waals surface area contributed by atoms with E-state index in [2.05, 4.69) is 42.7 Å². The van der Waals surface area contributed by atoms with E-state index in [9.17, 15) is 4.79 Å². The van der Waals surface area contributed by atoms with Crippen molar-refractivity contribution in [2.75, 3.05) is 19.6 Å². The largest absolute Gasteiger partial charge is 0.339 e. The van der Waals surface area contributed by atoms with Gasteiger partial charge in [0.25, 0.3) is 5.91 Å². The van der Waals surface area contributed by atoms with Gasteiger partial charge in [0.05, 0.1) is 19.1 Å². The molecule has 3 nitrogen and oxygen atoms in total. The van der Waals surface area contributed by atoms with E-state index in [1.54, 1.807) is 11.3 Å². The second-order valence-electron chi connectivity index (χ2n) is 7.21. The predicted molar refractivity (Wildman–Crippen MR) is 99.3 cm³/mol. The SMILES string of the molecule is C[C@@H]1C[C@H](C)C[NH+](CC(=O)N[C@@H](c2ccccc2)c2cccs2)C1. The molecule has 1 unspecified atom stereocenters. The molecule has 2 aromatic rings. The van der Waals surface area contributed by atoms with Crippen molar-refractivity contribution in [1.82, 2.24) is 5.32 Å². The maximum Gasteiger partial charge on any atom is 0.275 e. The maximum atomic E-state index is 12.7. The van der Waals surface area contributed by atoms with Crippen molar-refractivity contribution in [3.05, 3.63) is 58.3 Å². The number of hydrogen-bond acceptors (Lipinski definition) is 2. The molecule has 1 saturated heterocycles. The van der Waals surface area contributed by atoms with Gasteiger partial charge in [0.2, 0.25) is 0 Å². The first-order valence-corrected chi connectivity index (χ1v) is 9.71. The summed E-state index contributed by atoms with van der Waals surface area (Å²) in [4.78, 5) is 15.3. The molecule has 128 valence electrons. The first kappa shape index (κ1) is 17.2. The highest BCUT2D eigenvalue weighted by Crippen LogP contribution is 2.25. The molecule has 0 saturated carbocycles. The van der Waals surface area contributed by atoms with Crippen molar-refractivity contribution in [2.24, 2.45) is 11.8 Å². The second kappa shape index (κ2) is 7.95. The standard InChI is InChI=1S/C20H26N2OS/c1-15-11-16(2)13-22(12-15)14-19(23)21-20(18-9-6-10-24-18)17-7-4-3-5-8-17/h3-10,15-16,20H,11-14H2,1-2H3,(H,21,23)/p+1/t15-,16+,20-/m0/s1. The molecule has 1 aromatic carbocycles. The number of hydrogen-bond donors (Lipinski definition) is 2. The fraction of sp³-hybridized carbons (Fsp3) is 0.450. The van der Waals surface area contributed by atoms with E-state index in [1.807, 2.05) is 24.3 Å². The van der Waals surface area contributed by atoms with Crippen LogP contribution in [0.15, 0.2) is 47.8 Å². The molecule has 1 amide bonds. The smallest absolute Gasteiger partial charge is 0.275 e. The van der Waals surface area contributed by atoms with E-state index in [4.69, 9.17) is 0 Å². The summed E-state index contributed by atoms with van der Waals surface area (Å²) in [6.07, 6.45) is 1.28. The third kappa shape index (κ3) is 4.46. The minimum absolute atomic E-state index is 0.0438. The fourth-order valence-corrected chi connectivity index (χ4v) is 4.73. The van der Waals surface area contributed by atoms with Gasteiger partial charge in [-0.1, -0.05) is 50.2 Å². The fourth-order valence-electron chi connectivity index (χ4n) is 3.93. The first-order valence-electron chi connectivity index (χ1n) is 8.83. The third-order valence-electron chi connectivity index (χ3n) is 4.76. The van der Waals surface area contributed by atoms with Gasteiger partial charge in [0, 0.05) is 16.7 Å². The lowest BCUT2D eigenvalue weighted by molar-refractivity contribution is -0.904. The van der Waals surface area contributed by atoms with Crippen LogP contribution < -0.4 is 10.2 Å².